The van der Waals surface area contributed by atoms with Crippen LogP contribution < -0.4 is 0 Å². The maximum absolute atomic E-state index is 13.1. The first-order valence-corrected chi connectivity index (χ1v) is 41.5. The van der Waals surface area contributed by atoms with Gasteiger partial charge in [-0.3, -0.25) is 37.3 Å². The predicted molar refractivity (Wildman–Crippen MR) is 390 cm³/mol. The van der Waals surface area contributed by atoms with E-state index in [0.29, 0.717) is 25.7 Å². The Balaban J connectivity index is 5.34. The number of phosphoric ester groups is 2. The molecule has 0 bridgehead atoms. The highest BCUT2D eigenvalue weighted by molar-refractivity contribution is 7.47. The molecule has 3 N–H and O–H groups in total. The van der Waals surface area contributed by atoms with Crippen molar-refractivity contribution in [1.82, 2.24) is 0 Å². The molecular weight excluding hydrogens is 1260 g/mol. The zero-order valence-corrected chi connectivity index (χ0v) is 62.8. The number of aliphatic hydroxyl groups is 1. The first kappa shape index (κ1) is 92.8. The minimum absolute atomic E-state index is 0.0789. The van der Waals surface area contributed by atoms with Gasteiger partial charge in [0.25, 0.3) is 0 Å². The third-order valence-electron chi connectivity index (χ3n) is 16.5. The third kappa shape index (κ3) is 69.2. The summed E-state index contributed by atoms with van der Waals surface area (Å²) in [5, 5.41) is 10.6. The van der Waals surface area contributed by atoms with Crippen LogP contribution in [-0.2, 0) is 65.4 Å². The van der Waals surface area contributed by atoms with Gasteiger partial charge in [-0.1, -0.05) is 275 Å². The van der Waals surface area contributed by atoms with Crippen LogP contribution in [0.25, 0.3) is 0 Å². The molecule has 0 aromatic heterocycles. The molecule has 0 saturated carbocycles. The zero-order chi connectivity index (χ0) is 70.4. The lowest BCUT2D eigenvalue weighted by molar-refractivity contribution is -0.161. The van der Waals surface area contributed by atoms with Gasteiger partial charge in [0, 0.05) is 25.7 Å². The molecule has 17 nitrogen and oxygen atoms in total. The lowest BCUT2D eigenvalue weighted by atomic mass is 10.0. The minimum Gasteiger partial charge on any atom is -0.462 e. The molecule has 0 amide bonds. The van der Waals surface area contributed by atoms with E-state index in [-0.39, 0.29) is 25.7 Å². The van der Waals surface area contributed by atoms with E-state index in [1.807, 2.05) is 0 Å². The van der Waals surface area contributed by atoms with E-state index in [2.05, 4.69) is 88.5 Å². The molecule has 0 rings (SSSR count). The van der Waals surface area contributed by atoms with E-state index >= 15 is 0 Å². The summed E-state index contributed by atoms with van der Waals surface area (Å²) < 4.78 is 68.5. The molecule has 2 unspecified atom stereocenters. The van der Waals surface area contributed by atoms with E-state index in [9.17, 15) is 43.2 Å². The van der Waals surface area contributed by atoms with E-state index < -0.39 is 97.5 Å². The summed E-state index contributed by atoms with van der Waals surface area (Å²) in [4.78, 5) is 72.8. The predicted octanol–water partition coefficient (Wildman–Crippen LogP) is 21.9. The molecule has 19 heteroatoms. The van der Waals surface area contributed by atoms with Crippen molar-refractivity contribution >= 4 is 39.5 Å². The number of rotatable bonds is 73. The van der Waals surface area contributed by atoms with Crippen LogP contribution in [-0.4, -0.2) is 96.7 Å². The van der Waals surface area contributed by atoms with Crippen molar-refractivity contribution in [3.05, 3.63) is 60.8 Å². The summed E-state index contributed by atoms with van der Waals surface area (Å²) in [7, 11) is -9.94. The second-order valence-electron chi connectivity index (χ2n) is 26.0. The Bertz CT molecular complexity index is 2060. The Morgan fingerprint density at radius 3 is 0.875 bits per heavy atom. The molecule has 0 spiro atoms. The SMILES string of the molecule is CCCCC/C=C\C/C=C\CCCCCCCC(=O)O[C@H](COC(=O)CCCCCCC/C=C\C=C/CCCCCC)COP(=O)(O)OC[C@@H](O)COP(=O)(O)OC[C@@H](COC(=O)CCCCCCC/C=C\CCCCCC)OC(=O)CCCCCCCCCCCCCCC. The van der Waals surface area contributed by atoms with Crippen LogP contribution >= 0.6 is 15.6 Å². The van der Waals surface area contributed by atoms with Crippen molar-refractivity contribution in [3.8, 4) is 0 Å². The van der Waals surface area contributed by atoms with Gasteiger partial charge in [0.05, 0.1) is 26.4 Å². The molecule has 560 valence electrons. The van der Waals surface area contributed by atoms with Gasteiger partial charge in [-0.15, -0.1) is 0 Å². The Labute approximate surface area is 584 Å². The van der Waals surface area contributed by atoms with Crippen molar-refractivity contribution in [2.45, 2.75) is 367 Å². The number of ether oxygens (including phenoxy) is 4. The zero-order valence-electron chi connectivity index (χ0n) is 61.1. The van der Waals surface area contributed by atoms with Gasteiger partial charge >= 0.3 is 39.5 Å². The van der Waals surface area contributed by atoms with Gasteiger partial charge < -0.3 is 33.8 Å². The second-order valence-corrected chi connectivity index (χ2v) is 28.9. The van der Waals surface area contributed by atoms with Crippen LogP contribution in [0, 0.1) is 0 Å². The van der Waals surface area contributed by atoms with E-state index in [0.717, 1.165) is 148 Å². The highest BCUT2D eigenvalue weighted by Gasteiger charge is 2.30. The van der Waals surface area contributed by atoms with Crippen molar-refractivity contribution in [2.24, 2.45) is 0 Å². The molecule has 0 aromatic rings. The van der Waals surface area contributed by atoms with Crippen molar-refractivity contribution in [2.75, 3.05) is 39.6 Å². The summed E-state index contributed by atoms with van der Waals surface area (Å²) in [5.74, 6) is -2.19. The lowest BCUT2D eigenvalue weighted by Gasteiger charge is -2.21. The Morgan fingerprint density at radius 2 is 0.542 bits per heavy atom. The fraction of sp³-hybridized carbons (Fsp3) is 0.818. The van der Waals surface area contributed by atoms with Gasteiger partial charge in [-0.25, -0.2) is 9.13 Å². The van der Waals surface area contributed by atoms with Crippen LogP contribution in [0.4, 0.5) is 0 Å². The molecule has 0 aliphatic carbocycles. The molecule has 96 heavy (non-hydrogen) atoms. The van der Waals surface area contributed by atoms with Crippen LogP contribution in [0.5, 0.6) is 0 Å². The molecule has 5 atom stereocenters. The summed E-state index contributed by atoms with van der Waals surface area (Å²) in [6.07, 6.45) is 67.7. The maximum Gasteiger partial charge on any atom is 0.472 e. The highest BCUT2D eigenvalue weighted by Crippen LogP contribution is 2.45. The van der Waals surface area contributed by atoms with Gasteiger partial charge in [0.1, 0.15) is 19.3 Å². The molecule has 0 fully saturated rings. The number of unbranched alkanes of at least 4 members (excludes halogenated alkanes) is 38. The second kappa shape index (κ2) is 70.2. The fourth-order valence-corrected chi connectivity index (χ4v) is 12.1. The minimum atomic E-state index is -4.97. The molecule has 0 radical (unpaired) electrons. The quantitative estimate of drug-likeness (QED) is 0.0128. The topological polar surface area (TPSA) is 237 Å². The normalized spacial score (nSPS) is 14.3. The average Bonchev–Trinajstić information content (AvgIpc) is 1.43. The molecule has 0 saturated heterocycles. The summed E-state index contributed by atoms with van der Waals surface area (Å²) in [6, 6.07) is 0. The molecular formula is C77H140O17P2. The number of hydrogen-bond donors (Lipinski definition) is 3. The Kier molecular flexibility index (Phi) is 67.8. The van der Waals surface area contributed by atoms with Crippen LogP contribution in [0.15, 0.2) is 60.8 Å². The third-order valence-corrected chi connectivity index (χ3v) is 18.4. The number of aliphatic hydroxyl groups excluding tert-OH is 1. The van der Waals surface area contributed by atoms with E-state index in [1.165, 1.54) is 122 Å². The Hall–Kier alpha value is -3.24. The maximum atomic E-state index is 13.1. The molecule has 0 aliphatic rings. The van der Waals surface area contributed by atoms with Crippen LogP contribution in [0.2, 0.25) is 0 Å². The summed E-state index contributed by atoms with van der Waals surface area (Å²) in [5.41, 5.74) is 0. The number of carbonyl (C=O) groups excluding carboxylic acids is 4. The van der Waals surface area contributed by atoms with Gasteiger partial charge in [-0.05, 0) is 109 Å². The van der Waals surface area contributed by atoms with Crippen molar-refractivity contribution < 1.29 is 80.2 Å². The van der Waals surface area contributed by atoms with Gasteiger partial charge in [-0.2, -0.15) is 0 Å². The fourth-order valence-electron chi connectivity index (χ4n) is 10.5. The van der Waals surface area contributed by atoms with E-state index in [1.54, 1.807) is 0 Å². The smallest absolute Gasteiger partial charge is 0.462 e. The number of phosphoric acid groups is 2. The molecule has 0 heterocycles. The average molecular weight is 1400 g/mol. The first-order chi connectivity index (χ1) is 46.7. The first-order valence-electron chi connectivity index (χ1n) is 38.5. The van der Waals surface area contributed by atoms with Crippen LogP contribution in [0.3, 0.4) is 0 Å². The van der Waals surface area contributed by atoms with Crippen molar-refractivity contribution in [3.63, 3.8) is 0 Å². The number of esters is 4. The lowest BCUT2D eigenvalue weighted by Crippen LogP contribution is -2.30. The number of carbonyl (C=O) groups is 4. The monoisotopic (exact) mass is 1400 g/mol. The van der Waals surface area contributed by atoms with Crippen LogP contribution in [0.1, 0.15) is 349 Å². The Morgan fingerprint density at radius 1 is 0.302 bits per heavy atom. The van der Waals surface area contributed by atoms with Crippen molar-refractivity contribution in [1.29, 1.82) is 0 Å². The number of allylic oxidation sites excluding steroid dienone is 10. The van der Waals surface area contributed by atoms with Gasteiger partial charge in [0.15, 0.2) is 12.2 Å². The van der Waals surface area contributed by atoms with Gasteiger partial charge in [0.2, 0.25) is 0 Å². The molecule has 0 aliphatic heterocycles. The summed E-state index contributed by atoms with van der Waals surface area (Å²) >= 11 is 0. The highest BCUT2D eigenvalue weighted by atomic mass is 31.2. The van der Waals surface area contributed by atoms with E-state index in [4.69, 9.17) is 37.0 Å². The molecule has 0 aromatic carbocycles. The summed E-state index contributed by atoms with van der Waals surface area (Å²) in [6.45, 7) is 4.82. The largest absolute Gasteiger partial charge is 0.472 e. The standard InChI is InChI=1S/C77H140O17P2/c1-5-9-13-17-21-25-29-33-35-39-42-46-50-54-58-62-75(80)88-68-73(94-77(82)64-60-56-52-48-44-40-36-34-30-26-22-18-14-10-6-2)70-92-96(85,86)90-66-71(78)65-89-95(83,84)91-69-72(93-76(81)63-59-55-51-47-43-38-32-28-24-20-16-12-8-4)67-87-74(79)61-57-53-49-45-41-37-31-27-23-19-15-11-7-3/h22,25-27,29,31,33-36,71-73,78H,5-21,23-24,28,30,32,37-70H2,1-4H3,(H,83,84)(H,85,86)/b26-22-,29-25-,31-27-,35-33-,36-34-/t71-,72+,73+/m0/s1. The number of hydrogen-bond acceptors (Lipinski definition) is 15.